The summed E-state index contributed by atoms with van der Waals surface area (Å²) in [5.74, 6) is -4.28. The number of thiazole rings is 1. The molecule has 1 N–H and O–H groups in total. The van der Waals surface area contributed by atoms with E-state index in [4.69, 9.17) is 0 Å². The molecule has 1 fully saturated rings. The molecule has 1 unspecified atom stereocenters. The van der Waals surface area contributed by atoms with Gasteiger partial charge in [0.25, 0.3) is 17.7 Å². The predicted octanol–water partition coefficient (Wildman–Crippen LogP) is 1.53. The maximum atomic E-state index is 13.4. The molecule has 3 rings (SSSR count). The molecule has 1 aromatic heterocycles. The number of likely N-dealkylation sites (tertiary alicyclic amines) is 1. The summed E-state index contributed by atoms with van der Waals surface area (Å²) in [4.78, 5) is 29.3. The van der Waals surface area contributed by atoms with Gasteiger partial charge in [0.1, 0.15) is 5.69 Å². The number of sulfone groups is 1. The standard InChI is InChI=1S/C14H13F2N3O4S2/c1-8-4-14(15,16)7-19(8)13(21)10-5-24-12(18-10)11(20)17-9-2-3-25(22,23)6-9/h2-3,5-6,8H,4,7H2,1H3,(H,17,20). The average molecular weight is 389 g/mol. The molecule has 0 spiro atoms. The van der Waals surface area contributed by atoms with Crippen molar-refractivity contribution in [3.8, 4) is 0 Å². The molecule has 11 heteroatoms. The highest BCUT2D eigenvalue weighted by Crippen LogP contribution is 2.32. The molecular weight excluding hydrogens is 376 g/mol. The van der Waals surface area contributed by atoms with Gasteiger partial charge in [-0.1, -0.05) is 0 Å². The maximum Gasteiger partial charge on any atom is 0.284 e. The van der Waals surface area contributed by atoms with Crippen LogP contribution < -0.4 is 5.32 Å². The number of rotatable bonds is 3. The van der Waals surface area contributed by atoms with Crippen molar-refractivity contribution in [2.24, 2.45) is 0 Å². The second-order valence-electron chi connectivity index (χ2n) is 5.80. The van der Waals surface area contributed by atoms with Crippen molar-refractivity contribution in [1.82, 2.24) is 15.2 Å². The lowest BCUT2D eigenvalue weighted by atomic mass is 10.2. The molecule has 1 atom stereocenters. The van der Waals surface area contributed by atoms with Gasteiger partial charge < -0.3 is 10.2 Å². The Morgan fingerprint density at radius 3 is 2.72 bits per heavy atom. The minimum atomic E-state index is -3.47. The zero-order valence-electron chi connectivity index (χ0n) is 12.9. The maximum absolute atomic E-state index is 13.4. The van der Waals surface area contributed by atoms with Gasteiger partial charge in [0.15, 0.2) is 14.8 Å². The quantitative estimate of drug-likeness (QED) is 0.846. The molecule has 3 heterocycles. The Kier molecular flexibility index (Phi) is 4.23. The number of nitrogens with zero attached hydrogens (tertiary/aromatic N) is 2. The summed E-state index contributed by atoms with van der Waals surface area (Å²) in [5, 5.41) is 5.43. The predicted molar refractivity (Wildman–Crippen MR) is 85.8 cm³/mol. The first-order valence-electron chi connectivity index (χ1n) is 7.17. The Labute approximate surface area is 146 Å². The number of aromatic nitrogens is 1. The number of allylic oxidation sites excluding steroid dienone is 1. The number of hydrogen-bond acceptors (Lipinski definition) is 6. The third kappa shape index (κ3) is 3.76. The van der Waals surface area contributed by atoms with Crippen molar-refractivity contribution in [2.45, 2.75) is 25.3 Å². The smallest absolute Gasteiger partial charge is 0.284 e. The fraction of sp³-hybridized carbons (Fsp3) is 0.357. The molecule has 2 aliphatic rings. The third-order valence-electron chi connectivity index (χ3n) is 3.69. The summed E-state index contributed by atoms with van der Waals surface area (Å²) >= 11 is 0.870. The molecule has 2 amide bonds. The molecule has 1 aromatic rings. The van der Waals surface area contributed by atoms with Crippen molar-refractivity contribution in [3.05, 3.63) is 38.7 Å². The van der Waals surface area contributed by atoms with Crippen LogP contribution in [0.2, 0.25) is 0 Å². The minimum Gasteiger partial charge on any atom is -0.328 e. The topological polar surface area (TPSA) is 96.4 Å². The van der Waals surface area contributed by atoms with E-state index in [1.165, 1.54) is 18.4 Å². The van der Waals surface area contributed by atoms with Crippen molar-refractivity contribution >= 4 is 33.0 Å². The average Bonchev–Trinajstić information content (AvgIpc) is 3.16. The van der Waals surface area contributed by atoms with Crippen LogP contribution in [0.25, 0.3) is 0 Å². The molecule has 2 aliphatic heterocycles. The molecule has 25 heavy (non-hydrogen) atoms. The van der Waals surface area contributed by atoms with Crippen LogP contribution in [-0.2, 0) is 9.84 Å². The lowest BCUT2D eigenvalue weighted by Crippen LogP contribution is -2.35. The lowest BCUT2D eigenvalue weighted by molar-refractivity contribution is 0.0117. The number of carbonyl (C=O) groups excluding carboxylic acids is 2. The lowest BCUT2D eigenvalue weighted by Gasteiger charge is -2.19. The van der Waals surface area contributed by atoms with Crippen LogP contribution in [0.15, 0.2) is 28.0 Å². The van der Waals surface area contributed by atoms with Gasteiger partial charge in [-0.2, -0.15) is 0 Å². The number of amides is 2. The minimum absolute atomic E-state index is 0.0689. The van der Waals surface area contributed by atoms with E-state index in [9.17, 15) is 26.8 Å². The van der Waals surface area contributed by atoms with Gasteiger partial charge in [-0.3, -0.25) is 9.59 Å². The van der Waals surface area contributed by atoms with E-state index < -0.39 is 46.6 Å². The Morgan fingerprint density at radius 2 is 2.16 bits per heavy atom. The molecule has 7 nitrogen and oxygen atoms in total. The van der Waals surface area contributed by atoms with Crippen molar-refractivity contribution in [3.63, 3.8) is 0 Å². The molecular formula is C14H13F2N3O4S2. The fourth-order valence-electron chi connectivity index (χ4n) is 2.59. The van der Waals surface area contributed by atoms with E-state index in [0.29, 0.717) is 0 Å². The van der Waals surface area contributed by atoms with E-state index in [-0.39, 0.29) is 16.4 Å². The number of alkyl halides is 2. The number of carbonyl (C=O) groups is 2. The van der Waals surface area contributed by atoms with Crippen molar-refractivity contribution < 1.29 is 26.8 Å². The van der Waals surface area contributed by atoms with Gasteiger partial charge in [0, 0.05) is 23.3 Å². The summed E-state index contributed by atoms with van der Waals surface area (Å²) in [6.07, 6.45) is 0.812. The fourth-order valence-corrected chi connectivity index (χ4v) is 4.18. The van der Waals surface area contributed by atoms with E-state index in [1.807, 2.05) is 0 Å². The van der Waals surface area contributed by atoms with Crippen LogP contribution in [0.1, 0.15) is 33.6 Å². The number of nitrogens with one attached hydrogen (secondary N) is 1. The Bertz CT molecular complexity index is 905. The van der Waals surface area contributed by atoms with Crippen LogP contribution in [0.5, 0.6) is 0 Å². The second kappa shape index (κ2) is 5.99. The molecule has 0 saturated carbocycles. The molecule has 0 aromatic carbocycles. The van der Waals surface area contributed by atoms with Crippen LogP contribution in [0.4, 0.5) is 8.78 Å². The number of hydrogen-bond donors (Lipinski definition) is 1. The highest BCUT2D eigenvalue weighted by molar-refractivity contribution is 7.97. The van der Waals surface area contributed by atoms with E-state index >= 15 is 0 Å². The molecule has 1 saturated heterocycles. The van der Waals surface area contributed by atoms with Crippen LogP contribution >= 0.6 is 11.3 Å². The highest BCUT2D eigenvalue weighted by Gasteiger charge is 2.45. The summed E-state index contributed by atoms with van der Waals surface area (Å²) < 4.78 is 49.3. The third-order valence-corrected chi connectivity index (χ3v) is 5.63. The molecule has 0 radical (unpaired) electrons. The second-order valence-corrected chi connectivity index (χ2v) is 8.34. The first kappa shape index (κ1) is 17.7. The molecule has 0 aliphatic carbocycles. The van der Waals surface area contributed by atoms with Gasteiger partial charge in [0.05, 0.1) is 17.6 Å². The van der Waals surface area contributed by atoms with E-state index in [0.717, 1.165) is 27.1 Å². The van der Waals surface area contributed by atoms with Gasteiger partial charge in [-0.15, -0.1) is 11.3 Å². The monoisotopic (exact) mass is 389 g/mol. The van der Waals surface area contributed by atoms with E-state index in [1.54, 1.807) is 0 Å². The summed E-state index contributed by atoms with van der Waals surface area (Å²) in [6.45, 7) is 0.847. The Hall–Kier alpha value is -2.14. The van der Waals surface area contributed by atoms with Crippen LogP contribution in [-0.4, -0.2) is 48.6 Å². The summed E-state index contributed by atoms with van der Waals surface area (Å²) in [5.41, 5.74) is -0.0100. The van der Waals surface area contributed by atoms with Gasteiger partial charge in [-0.05, 0) is 13.0 Å². The zero-order valence-corrected chi connectivity index (χ0v) is 14.5. The summed E-state index contributed by atoms with van der Waals surface area (Å²) in [7, 11) is -3.47. The SMILES string of the molecule is CC1CC(F)(F)CN1C(=O)c1csc(C(=O)NC2=CS(=O)(=O)C=C2)n1. The summed E-state index contributed by atoms with van der Waals surface area (Å²) in [6, 6.07) is -0.625. The highest BCUT2D eigenvalue weighted by atomic mass is 32.2. The number of halogens is 2. The van der Waals surface area contributed by atoms with Gasteiger partial charge >= 0.3 is 0 Å². The Balaban J connectivity index is 1.71. The molecule has 134 valence electrons. The van der Waals surface area contributed by atoms with Crippen molar-refractivity contribution in [1.29, 1.82) is 0 Å². The van der Waals surface area contributed by atoms with Crippen molar-refractivity contribution in [2.75, 3.05) is 6.54 Å². The zero-order chi connectivity index (χ0) is 18.4. The molecule has 0 bridgehead atoms. The van der Waals surface area contributed by atoms with Gasteiger partial charge in [0.2, 0.25) is 0 Å². The Morgan fingerprint density at radius 1 is 1.44 bits per heavy atom. The van der Waals surface area contributed by atoms with E-state index in [2.05, 4.69) is 10.3 Å². The largest absolute Gasteiger partial charge is 0.328 e. The van der Waals surface area contributed by atoms with Crippen LogP contribution in [0.3, 0.4) is 0 Å². The first-order valence-corrected chi connectivity index (χ1v) is 9.66. The van der Waals surface area contributed by atoms with Gasteiger partial charge in [-0.25, -0.2) is 22.2 Å². The van der Waals surface area contributed by atoms with Crippen LogP contribution in [0, 0.1) is 0 Å². The first-order chi connectivity index (χ1) is 11.6. The normalized spacial score (nSPS) is 23.6.